The minimum absolute atomic E-state index is 0.593. The highest BCUT2D eigenvalue weighted by Gasteiger charge is 2.17. The Kier molecular flexibility index (Phi) is 6.54. The van der Waals surface area contributed by atoms with E-state index in [4.69, 9.17) is 5.73 Å². The monoisotopic (exact) mass is 430 g/mol. The molecule has 1 saturated heterocycles. The molecule has 0 atom stereocenters. The molecule has 0 radical (unpaired) electrons. The van der Waals surface area contributed by atoms with Gasteiger partial charge in [0.25, 0.3) is 0 Å². The Morgan fingerprint density at radius 3 is 2.68 bits per heavy atom. The molecule has 0 spiro atoms. The third kappa shape index (κ3) is 5.25. The molecular weight excluding hydrogens is 404 g/mol. The van der Waals surface area contributed by atoms with Crippen molar-refractivity contribution in [3.8, 4) is 10.4 Å². The molecule has 0 aliphatic carbocycles. The molecule has 0 unspecified atom stereocenters. The van der Waals surface area contributed by atoms with Gasteiger partial charge in [0.05, 0.1) is 4.88 Å². The minimum Gasteiger partial charge on any atom is -0.375 e. The smallest absolute Gasteiger partial charge is 0.180 e. The largest absolute Gasteiger partial charge is 0.375 e. The summed E-state index contributed by atoms with van der Waals surface area (Å²) in [6.45, 7) is 6.02. The molecule has 4 N–H and O–H groups in total. The highest BCUT2D eigenvalue weighted by atomic mass is 32.1. The zero-order valence-corrected chi connectivity index (χ0v) is 18.3. The first-order chi connectivity index (χ1) is 15.1. The number of hydrogen-bond acceptors (Lipinski definition) is 7. The third-order valence-corrected chi connectivity index (χ3v) is 6.10. The number of nitrogens with one attached hydrogen (secondary N) is 2. The lowest BCUT2D eigenvalue weighted by Gasteiger charge is -2.26. The van der Waals surface area contributed by atoms with Gasteiger partial charge in [-0.25, -0.2) is 9.97 Å². The number of hydrogen-bond donors (Lipinski definition) is 3. The summed E-state index contributed by atoms with van der Waals surface area (Å²) in [7, 11) is 1.86. The molecule has 0 saturated carbocycles. The Morgan fingerprint density at radius 1 is 1.13 bits per heavy atom. The summed E-state index contributed by atoms with van der Waals surface area (Å²) in [6, 6.07) is 12.4. The number of anilines is 2. The fraction of sp³-hybridized carbons (Fsp3) is 0.208. The molecule has 4 heterocycles. The van der Waals surface area contributed by atoms with Crippen LogP contribution < -0.4 is 16.4 Å². The van der Waals surface area contributed by atoms with E-state index in [9.17, 15) is 0 Å². The SMILES string of the molecule is C=Cc1ccnc(CC2CNC2)c1.CNc1cc2cc(-c3cnc(N)s3)ccc2cn1. The van der Waals surface area contributed by atoms with Crippen LogP contribution in [0.3, 0.4) is 0 Å². The van der Waals surface area contributed by atoms with Gasteiger partial charge in [0.15, 0.2) is 5.13 Å². The number of rotatable bonds is 5. The van der Waals surface area contributed by atoms with Crippen LogP contribution in [-0.2, 0) is 6.42 Å². The number of benzene rings is 1. The van der Waals surface area contributed by atoms with E-state index in [1.165, 1.54) is 17.0 Å². The molecule has 1 aromatic carbocycles. The van der Waals surface area contributed by atoms with Crippen LogP contribution in [0.2, 0.25) is 0 Å². The number of pyridine rings is 2. The number of thiazole rings is 1. The van der Waals surface area contributed by atoms with Gasteiger partial charge in [0.1, 0.15) is 5.82 Å². The lowest BCUT2D eigenvalue weighted by Crippen LogP contribution is -2.43. The molecule has 6 nitrogen and oxygen atoms in total. The van der Waals surface area contributed by atoms with Crippen LogP contribution in [0.1, 0.15) is 11.3 Å². The molecule has 31 heavy (non-hydrogen) atoms. The van der Waals surface area contributed by atoms with Gasteiger partial charge in [-0.2, -0.15) is 0 Å². The van der Waals surface area contributed by atoms with Gasteiger partial charge in [-0.05, 0) is 66.2 Å². The molecule has 1 aliphatic heterocycles. The maximum atomic E-state index is 5.66. The molecule has 1 fully saturated rings. The average Bonchev–Trinajstić information content (AvgIpc) is 3.22. The molecule has 158 valence electrons. The second-order valence-electron chi connectivity index (χ2n) is 7.46. The standard InChI is InChI=1S/C13H12N4S.C11H14N2/c1-15-12-5-10-4-8(2-3-9(10)6-16-12)11-7-17-13(14)18-11;1-2-9-3-4-13-11(5-9)6-10-7-12-8-10/h2-7H,1H3,(H2,14,17)(H,15,16);2-5,10,12H,1,6-8H2. The van der Waals surface area contributed by atoms with Crippen molar-refractivity contribution in [2.45, 2.75) is 6.42 Å². The summed E-state index contributed by atoms with van der Waals surface area (Å²) < 4.78 is 0. The second-order valence-corrected chi connectivity index (χ2v) is 8.52. The second kappa shape index (κ2) is 9.68. The van der Waals surface area contributed by atoms with Crippen LogP contribution in [0.15, 0.2) is 61.6 Å². The predicted molar refractivity (Wildman–Crippen MR) is 131 cm³/mol. The number of aromatic nitrogens is 3. The van der Waals surface area contributed by atoms with Gasteiger partial charge in [0.2, 0.25) is 0 Å². The summed E-state index contributed by atoms with van der Waals surface area (Å²) >= 11 is 1.49. The van der Waals surface area contributed by atoms with Crippen molar-refractivity contribution >= 4 is 39.1 Å². The van der Waals surface area contributed by atoms with E-state index in [1.54, 1.807) is 6.20 Å². The fourth-order valence-electron chi connectivity index (χ4n) is 3.38. The Bertz CT molecular complexity index is 1180. The van der Waals surface area contributed by atoms with Crippen LogP contribution in [0, 0.1) is 5.92 Å². The molecular formula is C24H26N6S. The molecule has 0 bridgehead atoms. The van der Waals surface area contributed by atoms with E-state index >= 15 is 0 Å². The Balaban J connectivity index is 0.000000158. The normalized spacial score (nSPS) is 13.2. The summed E-state index contributed by atoms with van der Waals surface area (Å²) in [5.41, 5.74) is 9.14. The molecule has 3 aromatic heterocycles. The van der Waals surface area contributed by atoms with Crippen LogP contribution in [0.25, 0.3) is 27.3 Å². The minimum atomic E-state index is 0.593. The lowest BCUT2D eigenvalue weighted by molar-refractivity contribution is 0.344. The quantitative estimate of drug-likeness (QED) is 0.433. The summed E-state index contributed by atoms with van der Waals surface area (Å²) in [4.78, 5) is 13.8. The predicted octanol–water partition coefficient (Wildman–Crippen LogP) is 4.47. The third-order valence-electron chi connectivity index (χ3n) is 5.23. The maximum absolute atomic E-state index is 5.66. The summed E-state index contributed by atoms with van der Waals surface area (Å²) in [6.07, 6.45) is 8.49. The zero-order chi connectivity index (χ0) is 21.6. The van der Waals surface area contributed by atoms with E-state index in [1.807, 2.05) is 37.7 Å². The van der Waals surface area contributed by atoms with Crippen molar-refractivity contribution in [2.75, 3.05) is 31.2 Å². The maximum Gasteiger partial charge on any atom is 0.180 e. The van der Waals surface area contributed by atoms with Crippen LogP contribution >= 0.6 is 11.3 Å². The van der Waals surface area contributed by atoms with Gasteiger partial charge in [-0.15, -0.1) is 0 Å². The van der Waals surface area contributed by atoms with Gasteiger partial charge in [-0.3, -0.25) is 4.98 Å². The van der Waals surface area contributed by atoms with E-state index in [0.717, 1.165) is 58.0 Å². The molecule has 7 heteroatoms. The van der Waals surface area contributed by atoms with Crippen LogP contribution in [0.4, 0.5) is 10.9 Å². The Labute approximate surface area is 186 Å². The number of nitrogens with two attached hydrogens (primary N) is 1. The molecule has 1 aliphatic rings. The average molecular weight is 431 g/mol. The van der Waals surface area contributed by atoms with Crippen molar-refractivity contribution in [1.29, 1.82) is 0 Å². The number of fused-ring (bicyclic) bond motifs is 1. The molecule has 5 rings (SSSR count). The van der Waals surface area contributed by atoms with Crippen molar-refractivity contribution in [2.24, 2.45) is 5.92 Å². The van der Waals surface area contributed by atoms with Crippen LogP contribution in [0.5, 0.6) is 0 Å². The molecule has 0 amide bonds. The highest BCUT2D eigenvalue weighted by Crippen LogP contribution is 2.30. The van der Waals surface area contributed by atoms with Gasteiger partial charge < -0.3 is 16.4 Å². The topological polar surface area (TPSA) is 88.8 Å². The first-order valence-corrected chi connectivity index (χ1v) is 11.0. The van der Waals surface area contributed by atoms with Gasteiger partial charge >= 0.3 is 0 Å². The Morgan fingerprint density at radius 2 is 2.00 bits per heavy atom. The first-order valence-electron chi connectivity index (χ1n) is 10.2. The lowest BCUT2D eigenvalue weighted by atomic mass is 9.97. The summed E-state index contributed by atoms with van der Waals surface area (Å²) in [5, 5.41) is 9.17. The van der Waals surface area contributed by atoms with Crippen molar-refractivity contribution in [1.82, 2.24) is 20.3 Å². The van der Waals surface area contributed by atoms with E-state index < -0.39 is 0 Å². The Hall–Kier alpha value is -3.29. The van der Waals surface area contributed by atoms with E-state index in [2.05, 4.69) is 56.4 Å². The van der Waals surface area contributed by atoms with Crippen molar-refractivity contribution < 1.29 is 0 Å². The fourth-order valence-corrected chi connectivity index (χ4v) is 4.06. The van der Waals surface area contributed by atoms with Crippen LogP contribution in [-0.4, -0.2) is 35.1 Å². The number of nitrogens with zero attached hydrogens (tertiary/aromatic N) is 3. The van der Waals surface area contributed by atoms with E-state index in [-0.39, 0.29) is 0 Å². The molecule has 4 aromatic rings. The van der Waals surface area contributed by atoms with Gasteiger partial charge in [0, 0.05) is 36.7 Å². The summed E-state index contributed by atoms with van der Waals surface area (Å²) in [5.74, 6) is 1.65. The van der Waals surface area contributed by atoms with Crippen molar-refractivity contribution in [3.63, 3.8) is 0 Å². The van der Waals surface area contributed by atoms with Gasteiger partial charge in [-0.1, -0.05) is 36.1 Å². The zero-order valence-electron chi connectivity index (χ0n) is 17.5. The van der Waals surface area contributed by atoms with Crippen molar-refractivity contribution in [3.05, 3.63) is 72.8 Å². The van der Waals surface area contributed by atoms with E-state index in [0.29, 0.717) is 5.13 Å². The number of nitrogen functional groups attached to an aromatic ring is 1. The first kappa shape index (κ1) is 21.0. The highest BCUT2D eigenvalue weighted by molar-refractivity contribution is 7.18.